The molecule has 3 atom stereocenters. The van der Waals surface area contributed by atoms with E-state index in [2.05, 4.69) is 15.0 Å². The highest BCUT2D eigenvalue weighted by molar-refractivity contribution is 7.93. The van der Waals surface area contributed by atoms with Crippen LogP contribution in [0.5, 0.6) is 0 Å². The lowest BCUT2D eigenvalue weighted by molar-refractivity contribution is -0.117. The maximum Gasteiger partial charge on any atom is 0.257 e. The van der Waals surface area contributed by atoms with E-state index in [1.54, 1.807) is 48.5 Å². The number of rotatable bonds is 6. The fourth-order valence-electron chi connectivity index (χ4n) is 3.91. The standard InChI is InChI=1S/C25H20Cl5N3O3S/c1-31-37(2,36)18-6-3-16(4-7-18)32-23(34)19-12-17(5-8-20(19)28)33-24(35)22-21(25(22,29)30)13-9-14(26)11-15(27)10-13/h3-12,21-22H,1-2H3,(H,32,34)(H,33,35). The third-order valence-electron chi connectivity index (χ3n) is 5.96. The molecule has 0 bridgehead atoms. The molecule has 3 unspecified atom stereocenters. The Bertz CT molecular complexity index is 1500. The summed E-state index contributed by atoms with van der Waals surface area (Å²) in [6.07, 6.45) is 1.53. The molecule has 2 N–H and O–H groups in total. The van der Waals surface area contributed by atoms with Gasteiger partial charge in [-0.15, -0.1) is 23.2 Å². The minimum absolute atomic E-state index is 0.142. The summed E-state index contributed by atoms with van der Waals surface area (Å²) in [5.74, 6) is -2.20. The van der Waals surface area contributed by atoms with Gasteiger partial charge in [0.1, 0.15) is 4.33 Å². The number of alkyl halides is 2. The first-order valence-corrected chi connectivity index (χ1v) is 14.6. The van der Waals surface area contributed by atoms with E-state index in [0.29, 0.717) is 31.9 Å². The minimum Gasteiger partial charge on any atom is -0.326 e. The Hall–Kier alpha value is -2.00. The summed E-state index contributed by atoms with van der Waals surface area (Å²) in [4.78, 5) is 26.5. The zero-order chi connectivity index (χ0) is 27.1. The molecule has 4 rings (SSSR count). The Morgan fingerprint density at radius 1 is 0.892 bits per heavy atom. The number of benzene rings is 3. The van der Waals surface area contributed by atoms with Crippen molar-refractivity contribution in [2.45, 2.75) is 15.1 Å². The number of hydrogen-bond donors (Lipinski definition) is 2. The molecule has 0 heterocycles. The van der Waals surface area contributed by atoms with Crippen molar-refractivity contribution in [1.29, 1.82) is 0 Å². The highest BCUT2D eigenvalue weighted by Gasteiger charge is 2.67. The molecule has 1 fully saturated rings. The number of hydrogen-bond acceptors (Lipinski definition) is 4. The smallest absolute Gasteiger partial charge is 0.257 e. The normalized spacial score (nSPS) is 19.4. The summed E-state index contributed by atoms with van der Waals surface area (Å²) in [6.45, 7) is 0. The lowest BCUT2D eigenvalue weighted by atomic mass is 10.1. The first kappa shape index (κ1) is 28.0. The van der Waals surface area contributed by atoms with Crippen LogP contribution in [0.1, 0.15) is 21.8 Å². The Labute approximate surface area is 239 Å². The fourth-order valence-corrected chi connectivity index (χ4v) is 6.34. The van der Waals surface area contributed by atoms with Gasteiger partial charge in [0.15, 0.2) is 0 Å². The molecule has 0 spiro atoms. The number of nitrogens with one attached hydrogen (secondary N) is 2. The van der Waals surface area contributed by atoms with E-state index in [1.807, 2.05) is 0 Å². The Balaban J connectivity index is 1.49. The van der Waals surface area contributed by atoms with E-state index in [-0.39, 0.29) is 10.6 Å². The van der Waals surface area contributed by atoms with Crippen LogP contribution >= 0.6 is 58.0 Å². The second kappa shape index (κ2) is 10.6. The molecule has 2 amide bonds. The largest absolute Gasteiger partial charge is 0.326 e. The summed E-state index contributed by atoms with van der Waals surface area (Å²) < 4.78 is 14.9. The average Bonchev–Trinajstić information content (AvgIpc) is 3.42. The number of carbonyl (C=O) groups is 2. The zero-order valence-electron chi connectivity index (χ0n) is 19.4. The molecule has 194 valence electrons. The second-order valence-electron chi connectivity index (χ2n) is 8.48. The van der Waals surface area contributed by atoms with E-state index in [1.165, 1.54) is 25.4 Å². The number of carbonyl (C=O) groups excluding carboxylic acids is 2. The Kier molecular flexibility index (Phi) is 8.05. The van der Waals surface area contributed by atoms with Gasteiger partial charge in [-0.3, -0.25) is 9.59 Å². The number of halogens is 5. The van der Waals surface area contributed by atoms with Crippen molar-refractivity contribution in [2.75, 3.05) is 23.9 Å². The summed E-state index contributed by atoms with van der Waals surface area (Å²) >= 11 is 31.3. The topological polar surface area (TPSA) is 87.6 Å². The molecule has 0 radical (unpaired) electrons. The Morgan fingerprint density at radius 3 is 2.08 bits per heavy atom. The molecule has 3 aromatic rings. The maximum atomic E-state index is 13.0. The van der Waals surface area contributed by atoms with Crippen molar-refractivity contribution in [3.05, 3.63) is 86.9 Å². The minimum atomic E-state index is -2.49. The molecule has 1 aliphatic rings. The van der Waals surface area contributed by atoms with Gasteiger partial charge in [-0.2, -0.15) is 0 Å². The molecule has 6 nitrogen and oxygen atoms in total. The predicted octanol–water partition coefficient (Wildman–Crippen LogP) is 7.51. The van der Waals surface area contributed by atoms with Crippen LogP contribution in [0.15, 0.2) is 69.9 Å². The molecule has 37 heavy (non-hydrogen) atoms. The summed E-state index contributed by atoms with van der Waals surface area (Å²) in [5, 5.41) is 6.49. The number of amides is 2. The highest BCUT2D eigenvalue weighted by atomic mass is 35.5. The van der Waals surface area contributed by atoms with Crippen LogP contribution in [-0.4, -0.2) is 33.7 Å². The fraction of sp³-hybridized carbons (Fsp3) is 0.200. The van der Waals surface area contributed by atoms with Crippen LogP contribution < -0.4 is 10.6 Å². The van der Waals surface area contributed by atoms with Gasteiger partial charge in [0, 0.05) is 45.5 Å². The molecular weight excluding hydrogens is 600 g/mol. The Morgan fingerprint density at radius 2 is 1.49 bits per heavy atom. The maximum absolute atomic E-state index is 13.0. The van der Waals surface area contributed by atoms with Crippen molar-refractivity contribution in [3.63, 3.8) is 0 Å². The molecule has 1 aliphatic carbocycles. The van der Waals surface area contributed by atoms with Gasteiger partial charge in [-0.25, -0.2) is 8.57 Å². The summed E-state index contributed by atoms with van der Waals surface area (Å²) in [5.41, 5.74) is 1.60. The van der Waals surface area contributed by atoms with E-state index in [4.69, 9.17) is 58.0 Å². The van der Waals surface area contributed by atoms with Crippen molar-refractivity contribution in [3.8, 4) is 0 Å². The van der Waals surface area contributed by atoms with E-state index in [9.17, 15) is 13.8 Å². The van der Waals surface area contributed by atoms with Gasteiger partial charge in [0.25, 0.3) is 5.91 Å². The van der Waals surface area contributed by atoms with Gasteiger partial charge in [-0.1, -0.05) is 34.8 Å². The van der Waals surface area contributed by atoms with E-state index in [0.717, 1.165) is 0 Å². The van der Waals surface area contributed by atoms with Gasteiger partial charge in [0.05, 0.1) is 26.2 Å². The van der Waals surface area contributed by atoms with Crippen LogP contribution in [-0.2, 0) is 14.5 Å². The second-order valence-corrected chi connectivity index (χ2v) is 13.6. The van der Waals surface area contributed by atoms with Gasteiger partial charge in [-0.05, 0) is 66.2 Å². The molecular formula is C25H20Cl5N3O3S. The zero-order valence-corrected chi connectivity index (χ0v) is 24.0. The van der Waals surface area contributed by atoms with E-state index >= 15 is 0 Å². The first-order chi connectivity index (χ1) is 17.3. The molecule has 3 aromatic carbocycles. The van der Waals surface area contributed by atoms with Gasteiger partial charge >= 0.3 is 0 Å². The predicted molar refractivity (Wildman–Crippen MR) is 152 cm³/mol. The first-order valence-electron chi connectivity index (χ1n) is 10.8. The van der Waals surface area contributed by atoms with Crippen LogP contribution in [0.25, 0.3) is 0 Å². The summed E-state index contributed by atoms with van der Waals surface area (Å²) in [6, 6.07) is 15.9. The van der Waals surface area contributed by atoms with Crippen LogP contribution in [0.4, 0.5) is 11.4 Å². The van der Waals surface area contributed by atoms with Crippen molar-refractivity contribution < 1.29 is 13.8 Å². The highest BCUT2D eigenvalue weighted by Crippen LogP contribution is 2.65. The monoisotopic (exact) mass is 617 g/mol. The van der Waals surface area contributed by atoms with E-state index < -0.39 is 37.7 Å². The van der Waals surface area contributed by atoms with Crippen LogP contribution in [0, 0.1) is 5.92 Å². The molecule has 0 saturated heterocycles. The van der Waals surface area contributed by atoms with Crippen molar-refractivity contribution in [2.24, 2.45) is 10.3 Å². The lowest BCUT2D eigenvalue weighted by Crippen LogP contribution is -2.18. The molecule has 0 aliphatic heterocycles. The van der Waals surface area contributed by atoms with Gasteiger partial charge < -0.3 is 10.6 Å². The van der Waals surface area contributed by atoms with Crippen molar-refractivity contribution >= 4 is 90.9 Å². The molecule has 0 aromatic heterocycles. The number of anilines is 2. The molecule has 1 saturated carbocycles. The van der Waals surface area contributed by atoms with Crippen LogP contribution in [0.3, 0.4) is 0 Å². The number of nitrogens with zero attached hydrogens (tertiary/aromatic N) is 1. The SMILES string of the molecule is CN=S(C)(=O)c1ccc(NC(=O)c2cc(NC(=O)C3C(c4cc(Cl)cc(Cl)c4)C3(Cl)Cl)ccc2Cl)cc1. The van der Waals surface area contributed by atoms with Gasteiger partial charge in [0.2, 0.25) is 5.91 Å². The third kappa shape index (κ3) is 6.03. The van der Waals surface area contributed by atoms with Crippen molar-refractivity contribution in [1.82, 2.24) is 0 Å². The molecule has 12 heteroatoms. The lowest BCUT2D eigenvalue weighted by Gasteiger charge is -2.11. The third-order valence-corrected chi connectivity index (χ3v) is 9.51. The quantitative estimate of drug-likeness (QED) is 0.280. The van der Waals surface area contributed by atoms with Crippen LogP contribution in [0.2, 0.25) is 15.1 Å². The summed E-state index contributed by atoms with van der Waals surface area (Å²) in [7, 11) is -0.998. The average molecular weight is 620 g/mol.